The smallest absolute Gasteiger partial charge is 0.292 e. The quantitative estimate of drug-likeness (QED) is 0.326. The van der Waals surface area contributed by atoms with E-state index in [1.807, 2.05) is 0 Å². The number of nitrogens with two attached hydrogens (primary N) is 1. The highest BCUT2D eigenvalue weighted by molar-refractivity contribution is 6.17. The third-order valence-corrected chi connectivity index (χ3v) is 2.65. The van der Waals surface area contributed by atoms with E-state index in [9.17, 15) is 24.7 Å². The van der Waals surface area contributed by atoms with Crippen molar-refractivity contribution in [2.24, 2.45) is 0 Å². The Bertz CT molecular complexity index is 458. The van der Waals surface area contributed by atoms with E-state index < -0.39 is 28.6 Å². The van der Waals surface area contributed by atoms with Gasteiger partial charge in [0.15, 0.2) is 0 Å². The maximum Gasteiger partial charge on any atom is 0.292 e. The van der Waals surface area contributed by atoms with E-state index in [2.05, 4.69) is 0 Å². The fraction of sp³-hybridized carbons (Fsp3) is 0.400. The molecule has 0 heterocycles. The van der Waals surface area contributed by atoms with Crippen LogP contribution in [0.5, 0.6) is 0 Å². The average Bonchev–Trinajstić information content (AvgIpc) is 2.28. The third-order valence-electron chi connectivity index (χ3n) is 2.43. The molecule has 2 unspecified atom stereocenters. The first-order valence-electron chi connectivity index (χ1n) is 5.04. The first-order valence-corrected chi connectivity index (χ1v) is 5.57. The summed E-state index contributed by atoms with van der Waals surface area (Å²) in [6.45, 7) is 0. The van der Waals surface area contributed by atoms with Crippen LogP contribution in [0.4, 0.5) is 15.8 Å². The molecule has 100 valence electrons. The molecular formula is C10H12ClFN2O4. The molecule has 0 fully saturated rings. The van der Waals surface area contributed by atoms with Gasteiger partial charge in [0.2, 0.25) is 0 Å². The summed E-state index contributed by atoms with van der Waals surface area (Å²) < 4.78 is 13.5. The van der Waals surface area contributed by atoms with E-state index in [-0.39, 0.29) is 23.6 Å². The Morgan fingerprint density at radius 2 is 2.11 bits per heavy atom. The van der Waals surface area contributed by atoms with Gasteiger partial charge in [0, 0.05) is 23.6 Å². The minimum absolute atomic E-state index is 0.0281. The third kappa shape index (κ3) is 3.06. The molecule has 1 aromatic rings. The number of alkyl halides is 1. The topological polar surface area (TPSA) is 110 Å². The minimum Gasteiger partial charge on any atom is -0.393 e. The Morgan fingerprint density at radius 1 is 1.50 bits per heavy atom. The predicted octanol–water partition coefficient (Wildman–Crippen LogP) is 1.34. The monoisotopic (exact) mass is 278 g/mol. The summed E-state index contributed by atoms with van der Waals surface area (Å²) in [5.74, 6) is -0.851. The van der Waals surface area contributed by atoms with Crippen molar-refractivity contribution in [2.45, 2.75) is 18.6 Å². The lowest BCUT2D eigenvalue weighted by Crippen LogP contribution is -2.20. The number of aliphatic hydroxyl groups excluding tert-OH is 2. The molecule has 2 atom stereocenters. The van der Waals surface area contributed by atoms with E-state index in [4.69, 9.17) is 17.3 Å². The van der Waals surface area contributed by atoms with Crippen molar-refractivity contribution in [3.05, 3.63) is 33.6 Å². The van der Waals surface area contributed by atoms with Crippen molar-refractivity contribution in [1.29, 1.82) is 0 Å². The summed E-state index contributed by atoms with van der Waals surface area (Å²) >= 11 is 5.38. The first kappa shape index (κ1) is 14.6. The fourth-order valence-corrected chi connectivity index (χ4v) is 1.68. The number of nitrogens with zero attached hydrogens (tertiary/aromatic N) is 1. The maximum atomic E-state index is 13.5. The highest BCUT2D eigenvalue weighted by Crippen LogP contribution is 2.30. The molecule has 0 bridgehead atoms. The summed E-state index contributed by atoms with van der Waals surface area (Å²) in [5.41, 5.74) is 4.03. The lowest BCUT2D eigenvalue weighted by atomic mass is 10.0. The molecule has 0 saturated carbocycles. The number of rotatable bonds is 5. The molecule has 4 N–H and O–H groups in total. The summed E-state index contributed by atoms with van der Waals surface area (Å²) in [7, 11) is 0. The number of nitro benzene ring substituents is 1. The molecule has 0 saturated heterocycles. The molecular weight excluding hydrogens is 267 g/mol. The highest BCUT2D eigenvalue weighted by atomic mass is 35.5. The second-order valence-corrected chi connectivity index (χ2v) is 4.06. The molecule has 0 spiro atoms. The largest absolute Gasteiger partial charge is 0.393 e. The van der Waals surface area contributed by atoms with Gasteiger partial charge in [-0.15, -0.1) is 11.6 Å². The number of hydrogen-bond donors (Lipinski definition) is 3. The molecule has 6 nitrogen and oxygen atoms in total. The molecule has 0 aliphatic carbocycles. The van der Waals surface area contributed by atoms with Crippen molar-refractivity contribution < 1.29 is 19.5 Å². The van der Waals surface area contributed by atoms with Crippen LogP contribution in [-0.2, 0) is 0 Å². The second-order valence-electron chi connectivity index (χ2n) is 3.68. The molecule has 0 aromatic heterocycles. The van der Waals surface area contributed by atoms with Crippen molar-refractivity contribution in [2.75, 3.05) is 11.6 Å². The number of aliphatic hydroxyl groups is 2. The van der Waals surface area contributed by atoms with Crippen molar-refractivity contribution in [1.82, 2.24) is 0 Å². The van der Waals surface area contributed by atoms with E-state index in [1.54, 1.807) is 0 Å². The second kappa shape index (κ2) is 5.94. The first-order chi connectivity index (χ1) is 8.38. The van der Waals surface area contributed by atoms with Crippen LogP contribution in [0.2, 0.25) is 0 Å². The Kier molecular flexibility index (Phi) is 4.83. The zero-order valence-corrected chi connectivity index (χ0v) is 9.97. The van der Waals surface area contributed by atoms with Gasteiger partial charge in [0.05, 0.1) is 11.0 Å². The van der Waals surface area contributed by atoms with E-state index in [1.165, 1.54) is 0 Å². The van der Waals surface area contributed by atoms with Crippen LogP contribution in [0.25, 0.3) is 0 Å². The Morgan fingerprint density at radius 3 is 2.61 bits per heavy atom. The van der Waals surface area contributed by atoms with Gasteiger partial charge in [-0.25, -0.2) is 4.39 Å². The van der Waals surface area contributed by atoms with Crippen molar-refractivity contribution in [3.63, 3.8) is 0 Å². The Balaban J connectivity index is 3.15. The van der Waals surface area contributed by atoms with Crippen LogP contribution >= 0.6 is 11.6 Å². The summed E-state index contributed by atoms with van der Waals surface area (Å²) in [6.07, 6.45) is -2.87. The lowest BCUT2D eigenvalue weighted by Gasteiger charge is -2.17. The van der Waals surface area contributed by atoms with E-state index in [0.717, 1.165) is 12.1 Å². The zero-order chi connectivity index (χ0) is 13.9. The maximum absolute atomic E-state index is 13.5. The number of nitro groups is 1. The van der Waals surface area contributed by atoms with Crippen LogP contribution < -0.4 is 5.73 Å². The standard InChI is InChI=1S/C10H12ClFN2O4/c11-2-1-9(15)10(16)5-3-8(14(17)18)7(13)4-6(5)12/h3-4,9-10,15-16H,1-2,13H2. The van der Waals surface area contributed by atoms with Crippen LogP contribution in [0.3, 0.4) is 0 Å². The van der Waals surface area contributed by atoms with E-state index >= 15 is 0 Å². The molecule has 1 rings (SSSR count). The van der Waals surface area contributed by atoms with Crippen molar-refractivity contribution in [3.8, 4) is 0 Å². The Hall–Kier alpha value is -1.44. The molecule has 0 radical (unpaired) electrons. The summed E-state index contributed by atoms with van der Waals surface area (Å²) in [6, 6.07) is 1.55. The van der Waals surface area contributed by atoms with Crippen LogP contribution in [0, 0.1) is 15.9 Å². The average molecular weight is 279 g/mol. The van der Waals surface area contributed by atoms with Gasteiger partial charge in [-0.2, -0.15) is 0 Å². The van der Waals surface area contributed by atoms with Gasteiger partial charge < -0.3 is 15.9 Å². The lowest BCUT2D eigenvalue weighted by molar-refractivity contribution is -0.384. The molecule has 8 heteroatoms. The van der Waals surface area contributed by atoms with Gasteiger partial charge in [-0.05, 0) is 6.42 Å². The van der Waals surface area contributed by atoms with Gasteiger partial charge in [-0.3, -0.25) is 10.1 Å². The normalized spacial score (nSPS) is 14.2. The van der Waals surface area contributed by atoms with Gasteiger partial charge in [0.25, 0.3) is 5.69 Å². The molecule has 0 aliphatic rings. The molecule has 1 aromatic carbocycles. The van der Waals surface area contributed by atoms with Crippen LogP contribution in [0.15, 0.2) is 12.1 Å². The van der Waals surface area contributed by atoms with E-state index in [0.29, 0.717) is 0 Å². The Labute approximate surface area is 107 Å². The number of hydrogen-bond acceptors (Lipinski definition) is 5. The number of nitrogen functional groups attached to an aromatic ring is 1. The minimum atomic E-state index is -1.59. The highest BCUT2D eigenvalue weighted by Gasteiger charge is 2.25. The van der Waals surface area contributed by atoms with Crippen molar-refractivity contribution >= 4 is 23.0 Å². The summed E-state index contributed by atoms with van der Waals surface area (Å²) in [5, 5.41) is 29.8. The fourth-order valence-electron chi connectivity index (χ4n) is 1.46. The summed E-state index contributed by atoms with van der Waals surface area (Å²) in [4.78, 5) is 9.85. The molecule has 0 amide bonds. The SMILES string of the molecule is Nc1cc(F)c(C(O)C(O)CCCl)cc1[N+](=O)[O-]. The van der Waals surface area contributed by atoms with Crippen LogP contribution in [0.1, 0.15) is 18.1 Å². The zero-order valence-electron chi connectivity index (χ0n) is 9.22. The number of halogens is 2. The van der Waals surface area contributed by atoms with Crippen LogP contribution in [-0.4, -0.2) is 27.1 Å². The molecule has 18 heavy (non-hydrogen) atoms. The van der Waals surface area contributed by atoms with Gasteiger partial charge in [0.1, 0.15) is 17.6 Å². The number of benzene rings is 1. The van der Waals surface area contributed by atoms with Gasteiger partial charge in [-0.1, -0.05) is 0 Å². The van der Waals surface area contributed by atoms with Gasteiger partial charge >= 0.3 is 0 Å². The number of anilines is 1. The molecule has 0 aliphatic heterocycles. The predicted molar refractivity (Wildman–Crippen MR) is 63.8 cm³/mol.